The zero-order valence-corrected chi connectivity index (χ0v) is 35.6. The van der Waals surface area contributed by atoms with Gasteiger partial charge < -0.3 is 0 Å². The van der Waals surface area contributed by atoms with Gasteiger partial charge in [0, 0.05) is 0 Å². The van der Waals surface area contributed by atoms with Crippen LogP contribution in [0.5, 0.6) is 0 Å². The van der Waals surface area contributed by atoms with Gasteiger partial charge in [-0.05, 0) is 0 Å². The minimum absolute atomic E-state index is 0.112. The Morgan fingerprint density at radius 1 is 0.520 bits per heavy atom. The van der Waals surface area contributed by atoms with Crippen LogP contribution in [0.1, 0.15) is 131 Å². The van der Waals surface area contributed by atoms with Crippen LogP contribution >= 0.6 is 17.0 Å². The molecule has 0 N–H and O–H groups in total. The molecule has 2 saturated carbocycles. The van der Waals surface area contributed by atoms with Gasteiger partial charge in [0.1, 0.15) is 0 Å². The summed E-state index contributed by atoms with van der Waals surface area (Å²) in [6.45, 7) is 9.52. The Morgan fingerprint density at radius 3 is 1.26 bits per heavy atom. The Labute approximate surface area is 310 Å². The second-order valence-electron chi connectivity index (χ2n) is 16.6. The van der Waals surface area contributed by atoms with Gasteiger partial charge in [0.2, 0.25) is 0 Å². The van der Waals surface area contributed by atoms with E-state index in [2.05, 4.69) is 124 Å². The maximum absolute atomic E-state index is 8.55. The van der Waals surface area contributed by atoms with Crippen LogP contribution in [0.15, 0.2) is 96.1 Å². The summed E-state index contributed by atoms with van der Waals surface area (Å²) >= 11 is -4.73. The molecule has 0 aliphatic heterocycles. The fourth-order valence-electron chi connectivity index (χ4n) is 10.6. The van der Waals surface area contributed by atoms with Crippen LogP contribution in [0.2, 0.25) is 13.1 Å². The molecule has 4 aliphatic carbocycles. The monoisotopic (exact) mass is 793 g/mol. The van der Waals surface area contributed by atoms with Gasteiger partial charge in [0.05, 0.1) is 0 Å². The van der Waals surface area contributed by atoms with Crippen molar-refractivity contribution in [2.45, 2.75) is 110 Å². The van der Waals surface area contributed by atoms with Gasteiger partial charge in [-0.3, -0.25) is 0 Å². The second-order valence-corrected chi connectivity index (χ2v) is 59.1. The first kappa shape index (κ1) is 35.1. The standard InChI is InChI=1S/2C22H23.C2H7Si.2ClH.Zr/c2*1-16-14-20-8-5-9-21(22(20)15-16)19-12-10-18(11-13-19)17-6-3-2-4-7-17;1-3-2;;;/h2*5,8-15,17H,2-4,6-7H2,1H3;3H,1-2H3;2*1H;/q;;;;;+2/p-2. The van der Waals surface area contributed by atoms with Crippen molar-refractivity contribution in [3.8, 4) is 22.3 Å². The topological polar surface area (TPSA) is 0 Å². The van der Waals surface area contributed by atoms with E-state index in [1.54, 1.807) is 0 Å². The quantitative estimate of drug-likeness (QED) is 0.163. The van der Waals surface area contributed by atoms with E-state index in [1.807, 2.05) is 0 Å². The second kappa shape index (κ2) is 13.8. The molecule has 2 atom stereocenters. The molecule has 2 fully saturated rings. The Bertz CT molecular complexity index is 1820. The first-order valence-electron chi connectivity index (χ1n) is 19.5. The van der Waals surface area contributed by atoms with Gasteiger partial charge in [0.15, 0.2) is 0 Å². The molecule has 50 heavy (non-hydrogen) atoms. The zero-order valence-electron chi connectivity index (χ0n) is 30.5. The number of hydrogen-bond donors (Lipinski definition) is 0. The van der Waals surface area contributed by atoms with Crippen molar-refractivity contribution in [1.82, 2.24) is 0 Å². The predicted octanol–water partition coefficient (Wildman–Crippen LogP) is 14.7. The van der Waals surface area contributed by atoms with Crippen molar-refractivity contribution < 1.29 is 15.6 Å². The molecule has 4 aromatic carbocycles. The number of benzene rings is 4. The normalized spacial score (nSPS) is 22.1. The summed E-state index contributed by atoms with van der Waals surface area (Å²) in [5.74, 6) is -0.147. The summed E-state index contributed by atoms with van der Waals surface area (Å²) in [5.41, 5.74) is 16.4. The van der Waals surface area contributed by atoms with E-state index in [9.17, 15) is 0 Å². The number of halogens is 2. The molecule has 0 aromatic heterocycles. The Kier molecular flexibility index (Phi) is 9.68. The zero-order chi connectivity index (χ0) is 34.6. The summed E-state index contributed by atoms with van der Waals surface area (Å²) in [5, 5.41) is 0. The first-order chi connectivity index (χ1) is 24.1. The fraction of sp³-hybridized carbons (Fsp3) is 0.391. The summed E-state index contributed by atoms with van der Waals surface area (Å²) in [7, 11) is 17.1. The number of allylic oxidation sites excluding steroid dienone is 2. The van der Waals surface area contributed by atoms with Crippen molar-refractivity contribution >= 4 is 35.1 Å². The van der Waals surface area contributed by atoms with Gasteiger partial charge in [-0.25, -0.2) is 0 Å². The summed E-state index contributed by atoms with van der Waals surface area (Å²) in [4.78, 5) is 0. The van der Waals surface area contributed by atoms with Gasteiger partial charge >= 0.3 is 313 Å². The molecule has 0 bridgehead atoms. The summed E-state index contributed by atoms with van der Waals surface area (Å²) < 4.78 is 0.223. The average molecular weight is 796 g/mol. The molecule has 0 spiro atoms. The van der Waals surface area contributed by atoms with Crippen LogP contribution in [-0.4, -0.2) is 5.92 Å². The minimum atomic E-state index is -4.73. The van der Waals surface area contributed by atoms with E-state index in [0.29, 0.717) is 0 Å². The average Bonchev–Trinajstić information content (AvgIpc) is 3.69. The number of fused-ring (bicyclic) bond motifs is 2. The molecule has 4 heteroatoms. The third-order valence-electron chi connectivity index (χ3n) is 13.4. The van der Waals surface area contributed by atoms with Gasteiger partial charge in [-0.2, -0.15) is 0 Å². The van der Waals surface area contributed by atoms with Crippen LogP contribution in [0.3, 0.4) is 0 Å². The molecule has 0 saturated heterocycles. The van der Waals surface area contributed by atoms with Crippen molar-refractivity contribution in [2.75, 3.05) is 0 Å². The van der Waals surface area contributed by atoms with Gasteiger partial charge in [-0.1, -0.05) is 0 Å². The molecule has 4 aromatic rings. The van der Waals surface area contributed by atoms with Gasteiger partial charge in [0.25, 0.3) is 0 Å². The van der Waals surface area contributed by atoms with Crippen molar-refractivity contribution in [3.05, 3.63) is 129 Å². The van der Waals surface area contributed by atoms with Crippen molar-refractivity contribution in [2.24, 2.45) is 0 Å². The van der Waals surface area contributed by atoms with Crippen LogP contribution < -0.4 is 0 Å². The van der Waals surface area contributed by atoms with E-state index in [0.717, 1.165) is 11.8 Å². The molecule has 2 unspecified atom stereocenters. The summed E-state index contributed by atoms with van der Waals surface area (Å²) in [6, 6.07) is 32.9. The Morgan fingerprint density at radius 2 is 0.900 bits per heavy atom. The molecular formula is C46H53Cl2SiZr. The van der Waals surface area contributed by atoms with E-state index >= 15 is 0 Å². The molecule has 0 heterocycles. The van der Waals surface area contributed by atoms with Crippen molar-refractivity contribution in [3.63, 3.8) is 0 Å². The molecule has 4 aliphatic rings. The Balaban J connectivity index is 1.17. The van der Waals surface area contributed by atoms with E-state index < -0.39 is 21.5 Å². The van der Waals surface area contributed by atoms with Crippen LogP contribution in [0.4, 0.5) is 0 Å². The fourth-order valence-corrected chi connectivity index (χ4v) is 43.6. The van der Waals surface area contributed by atoms with E-state index in [-0.39, 0.29) is 7.25 Å². The Hall–Kier alpha value is -1.96. The molecule has 8 rings (SSSR count). The molecule has 259 valence electrons. The third kappa shape index (κ3) is 5.88. The number of hydrogen-bond acceptors (Lipinski definition) is 0. The third-order valence-corrected chi connectivity index (χ3v) is 65.6. The first-order valence-corrected chi connectivity index (χ1v) is 35.9. The predicted molar refractivity (Wildman–Crippen MR) is 219 cm³/mol. The van der Waals surface area contributed by atoms with E-state index in [1.165, 1.54) is 131 Å². The van der Waals surface area contributed by atoms with Crippen LogP contribution in [0, 0.1) is 0 Å². The number of rotatable bonds is 7. The van der Waals surface area contributed by atoms with Crippen LogP contribution in [0.25, 0.3) is 34.4 Å². The maximum atomic E-state index is 8.55. The van der Waals surface area contributed by atoms with Crippen molar-refractivity contribution in [1.29, 1.82) is 0 Å². The van der Waals surface area contributed by atoms with Gasteiger partial charge in [-0.15, -0.1) is 0 Å². The van der Waals surface area contributed by atoms with E-state index in [4.69, 9.17) is 17.0 Å². The molecule has 0 nitrogen and oxygen atoms in total. The molecular weight excluding hydrogens is 743 g/mol. The molecule has 0 amide bonds. The summed E-state index contributed by atoms with van der Waals surface area (Å²) in [6.07, 6.45) is 18.4. The molecule has 0 radical (unpaired) electrons. The van der Waals surface area contributed by atoms with Crippen LogP contribution in [-0.2, 0) is 15.6 Å². The SMILES string of the molecule is CC1=Cc2c(-c3ccc(C4CCCCC4)cc3)cccc2[CH]1[Zr]([Cl])([Cl])([CH]1C(C)=Cc2c(-c3ccc(C4CCCCC4)cc3)cccc21)[SiH](C)C.